The minimum atomic E-state index is 0.239. The van der Waals surface area contributed by atoms with Crippen molar-refractivity contribution in [3.8, 4) is 11.5 Å². The molecule has 4 aromatic rings. The molecular weight excluding hydrogens is 330 g/mol. The number of nitrogens with zero attached hydrogens (tertiary/aromatic N) is 3. The number of hydrogen-bond acceptors (Lipinski definition) is 5. The molecule has 2 aromatic carbocycles. The van der Waals surface area contributed by atoms with Crippen molar-refractivity contribution in [1.29, 1.82) is 0 Å². The van der Waals surface area contributed by atoms with Crippen LogP contribution in [0.1, 0.15) is 5.56 Å². The van der Waals surface area contributed by atoms with Crippen molar-refractivity contribution in [1.82, 2.24) is 19.6 Å². The third-order valence-corrected chi connectivity index (χ3v) is 4.33. The predicted octanol–water partition coefficient (Wildman–Crippen LogP) is 3.20. The summed E-state index contributed by atoms with van der Waals surface area (Å²) in [4.78, 5) is 8.96. The molecule has 2 aromatic heterocycles. The lowest BCUT2D eigenvalue weighted by atomic mass is 10.2. The van der Waals surface area contributed by atoms with Crippen molar-refractivity contribution >= 4 is 34.4 Å². The summed E-state index contributed by atoms with van der Waals surface area (Å²) in [6, 6.07) is 11.4. The number of H-pyrrole nitrogens is 1. The minimum absolute atomic E-state index is 0.239. The molecule has 120 valence electrons. The maximum atomic E-state index is 6.17. The molecule has 2 N–H and O–H groups in total. The van der Waals surface area contributed by atoms with E-state index >= 15 is 0 Å². The number of benzene rings is 2. The summed E-state index contributed by atoms with van der Waals surface area (Å²) in [5.41, 5.74) is 2.68. The lowest BCUT2D eigenvalue weighted by Crippen LogP contribution is -2.01. The van der Waals surface area contributed by atoms with E-state index in [4.69, 9.17) is 21.1 Å². The number of fused-ring (bicyclic) bond motifs is 4. The summed E-state index contributed by atoms with van der Waals surface area (Å²) in [6.45, 7) is 0.810. The fourth-order valence-corrected chi connectivity index (χ4v) is 2.97. The zero-order valence-corrected chi connectivity index (χ0v) is 13.2. The Balaban J connectivity index is 1.49. The summed E-state index contributed by atoms with van der Waals surface area (Å²) in [7, 11) is 0. The highest BCUT2D eigenvalue weighted by molar-refractivity contribution is 6.31. The summed E-state index contributed by atoms with van der Waals surface area (Å²) < 4.78 is 12.6. The molecule has 0 atom stereocenters. The van der Waals surface area contributed by atoms with E-state index in [0.29, 0.717) is 29.8 Å². The molecule has 0 fully saturated rings. The maximum absolute atomic E-state index is 6.17. The Labute approximate surface area is 141 Å². The average molecular weight is 342 g/mol. The summed E-state index contributed by atoms with van der Waals surface area (Å²) in [5, 5.41) is 7.14. The van der Waals surface area contributed by atoms with Gasteiger partial charge < -0.3 is 14.8 Å². The molecule has 1 aliphatic rings. The van der Waals surface area contributed by atoms with Crippen LogP contribution in [0.2, 0.25) is 5.02 Å². The van der Waals surface area contributed by atoms with Gasteiger partial charge in [0, 0.05) is 23.7 Å². The third kappa shape index (κ3) is 2.05. The number of hydrogen-bond donors (Lipinski definition) is 2. The Morgan fingerprint density at radius 3 is 2.88 bits per heavy atom. The Kier molecular flexibility index (Phi) is 2.83. The second kappa shape index (κ2) is 5.04. The second-order valence-corrected chi connectivity index (χ2v) is 5.87. The lowest BCUT2D eigenvalue weighted by Gasteiger charge is -2.04. The highest BCUT2D eigenvalue weighted by atomic mass is 35.5. The molecule has 0 saturated carbocycles. The van der Waals surface area contributed by atoms with E-state index < -0.39 is 0 Å². The first-order valence-electron chi connectivity index (χ1n) is 7.43. The van der Waals surface area contributed by atoms with E-state index in [1.165, 1.54) is 0 Å². The molecule has 0 radical (unpaired) electrons. The molecule has 1 aliphatic heterocycles. The van der Waals surface area contributed by atoms with Gasteiger partial charge >= 0.3 is 0 Å². The maximum Gasteiger partial charge on any atom is 0.253 e. The first-order valence-corrected chi connectivity index (χ1v) is 7.81. The number of nitrogens with one attached hydrogen (secondary N) is 2. The zero-order valence-electron chi connectivity index (χ0n) is 12.4. The molecule has 0 amide bonds. The van der Waals surface area contributed by atoms with Crippen LogP contribution in [0.4, 0.5) is 5.95 Å². The van der Waals surface area contributed by atoms with Crippen molar-refractivity contribution in [3.05, 3.63) is 47.0 Å². The van der Waals surface area contributed by atoms with Gasteiger partial charge in [-0.1, -0.05) is 29.8 Å². The first-order chi connectivity index (χ1) is 11.8. The fourth-order valence-electron chi connectivity index (χ4n) is 2.77. The van der Waals surface area contributed by atoms with Gasteiger partial charge in [-0.15, -0.1) is 0 Å². The number of halogens is 1. The predicted molar refractivity (Wildman–Crippen MR) is 89.7 cm³/mol. The van der Waals surface area contributed by atoms with Crippen LogP contribution >= 0.6 is 11.6 Å². The topological polar surface area (TPSA) is 76.5 Å². The molecule has 8 heteroatoms. The molecule has 3 heterocycles. The average Bonchev–Trinajstić information content (AvgIpc) is 3.26. The van der Waals surface area contributed by atoms with Gasteiger partial charge in [-0.25, -0.2) is 9.50 Å². The van der Waals surface area contributed by atoms with Crippen LogP contribution in [-0.2, 0) is 6.54 Å². The number of aromatic nitrogens is 4. The van der Waals surface area contributed by atoms with E-state index in [9.17, 15) is 0 Å². The fraction of sp³-hybridized carbons (Fsp3) is 0.125. The summed E-state index contributed by atoms with van der Waals surface area (Å²) in [6.07, 6.45) is 0. The Bertz CT molecular complexity index is 1070. The number of rotatable bonds is 3. The van der Waals surface area contributed by atoms with Gasteiger partial charge in [0.2, 0.25) is 12.7 Å². The largest absolute Gasteiger partial charge is 0.454 e. The normalized spacial score (nSPS) is 13.0. The smallest absolute Gasteiger partial charge is 0.253 e. The Hall–Kier alpha value is -2.93. The van der Waals surface area contributed by atoms with E-state index in [0.717, 1.165) is 21.6 Å². The summed E-state index contributed by atoms with van der Waals surface area (Å²) in [5.74, 6) is 2.62. The van der Waals surface area contributed by atoms with Crippen LogP contribution in [-0.4, -0.2) is 26.4 Å². The molecule has 0 bridgehead atoms. The SMILES string of the molecule is Clc1ccccc1CNc1nc2nc3cc4c(cc3n2[nH]1)OCO4. The quantitative estimate of drug-likeness (QED) is 0.598. The van der Waals surface area contributed by atoms with Gasteiger partial charge in [0.25, 0.3) is 5.78 Å². The van der Waals surface area contributed by atoms with Crippen LogP contribution in [0.5, 0.6) is 11.5 Å². The molecular formula is C16H12ClN5O2. The van der Waals surface area contributed by atoms with Crippen molar-refractivity contribution in [2.45, 2.75) is 6.54 Å². The number of ether oxygens (including phenoxy) is 2. The van der Waals surface area contributed by atoms with Crippen molar-refractivity contribution in [2.75, 3.05) is 12.1 Å². The van der Waals surface area contributed by atoms with Crippen LogP contribution in [0.15, 0.2) is 36.4 Å². The number of anilines is 1. The molecule has 0 spiro atoms. The van der Waals surface area contributed by atoms with Gasteiger partial charge in [-0.2, -0.15) is 4.98 Å². The molecule has 5 rings (SSSR count). The van der Waals surface area contributed by atoms with E-state index in [-0.39, 0.29) is 6.79 Å². The van der Waals surface area contributed by atoms with Crippen molar-refractivity contribution < 1.29 is 9.47 Å². The van der Waals surface area contributed by atoms with Gasteiger partial charge in [-0.3, -0.25) is 5.10 Å². The lowest BCUT2D eigenvalue weighted by molar-refractivity contribution is 0.174. The molecule has 24 heavy (non-hydrogen) atoms. The van der Waals surface area contributed by atoms with Crippen LogP contribution in [0, 0.1) is 0 Å². The van der Waals surface area contributed by atoms with Crippen molar-refractivity contribution in [2.24, 2.45) is 0 Å². The highest BCUT2D eigenvalue weighted by Crippen LogP contribution is 2.36. The second-order valence-electron chi connectivity index (χ2n) is 5.46. The molecule has 0 aliphatic carbocycles. The van der Waals surface area contributed by atoms with Crippen LogP contribution in [0.3, 0.4) is 0 Å². The molecule has 0 unspecified atom stereocenters. The molecule has 7 nitrogen and oxygen atoms in total. The Morgan fingerprint density at radius 2 is 2.00 bits per heavy atom. The van der Waals surface area contributed by atoms with E-state index in [2.05, 4.69) is 20.4 Å². The zero-order chi connectivity index (χ0) is 16.1. The highest BCUT2D eigenvalue weighted by Gasteiger charge is 2.18. The Morgan fingerprint density at radius 1 is 1.17 bits per heavy atom. The summed E-state index contributed by atoms with van der Waals surface area (Å²) >= 11 is 6.17. The van der Waals surface area contributed by atoms with Gasteiger partial charge in [0.1, 0.15) is 0 Å². The number of aromatic amines is 1. The first kappa shape index (κ1) is 13.5. The standard InChI is InChI=1S/C16H12ClN5O2/c17-10-4-2-1-3-9(10)7-18-15-20-16-19-11-5-13-14(24-8-23-13)6-12(11)22(16)21-15/h1-6H,7-8H2,(H2,18,19,20,21). The van der Waals surface area contributed by atoms with Gasteiger partial charge in [-0.05, 0) is 11.6 Å². The minimum Gasteiger partial charge on any atom is -0.454 e. The monoisotopic (exact) mass is 341 g/mol. The van der Waals surface area contributed by atoms with Crippen molar-refractivity contribution in [3.63, 3.8) is 0 Å². The van der Waals surface area contributed by atoms with Gasteiger partial charge in [0.05, 0.1) is 11.0 Å². The van der Waals surface area contributed by atoms with Crippen LogP contribution in [0.25, 0.3) is 16.8 Å². The number of imidazole rings is 1. The van der Waals surface area contributed by atoms with E-state index in [1.54, 1.807) is 0 Å². The molecule has 0 saturated heterocycles. The van der Waals surface area contributed by atoms with E-state index in [1.807, 2.05) is 40.9 Å². The van der Waals surface area contributed by atoms with Crippen LogP contribution < -0.4 is 14.8 Å². The van der Waals surface area contributed by atoms with Gasteiger partial charge in [0.15, 0.2) is 11.5 Å². The third-order valence-electron chi connectivity index (χ3n) is 3.96.